The second-order valence-electron chi connectivity index (χ2n) is 3.83. The molecule has 0 unspecified atom stereocenters. The van der Waals surface area contributed by atoms with Gasteiger partial charge >= 0.3 is 0 Å². The highest BCUT2D eigenvalue weighted by atomic mass is 16.6. The van der Waals surface area contributed by atoms with E-state index >= 15 is 0 Å². The number of nitrogens with one attached hydrogen (secondary N) is 1. The maximum absolute atomic E-state index is 10.9. The summed E-state index contributed by atoms with van der Waals surface area (Å²) in [4.78, 5) is 14.5. The zero-order valence-electron chi connectivity index (χ0n) is 10.4. The van der Waals surface area contributed by atoms with Gasteiger partial charge in [-0.1, -0.05) is 12.1 Å². The van der Waals surface area contributed by atoms with Crippen LogP contribution in [0.3, 0.4) is 0 Å². The summed E-state index contributed by atoms with van der Waals surface area (Å²) >= 11 is 0. The maximum Gasteiger partial charge on any atom is 0.292 e. The molecule has 1 aromatic carbocycles. The Morgan fingerprint density at radius 2 is 2.16 bits per heavy atom. The van der Waals surface area contributed by atoms with Crippen molar-refractivity contribution in [2.45, 2.75) is 6.54 Å². The number of hydrogen-bond donors (Lipinski definition) is 1. The van der Waals surface area contributed by atoms with Crippen LogP contribution in [0.2, 0.25) is 0 Å². The number of benzene rings is 1. The Kier molecular flexibility index (Phi) is 3.92. The van der Waals surface area contributed by atoms with Gasteiger partial charge in [0.15, 0.2) is 0 Å². The summed E-state index contributed by atoms with van der Waals surface area (Å²) in [6, 6.07) is 10.1. The standard InChI is InChI=1S/C13H13N3O3/c1-19-13-8-10(6-7-14-13)9-15-11-4-2-3-5-12(11)16(17)18/h2-8,15H,9H2,1H3. The third-order valence-corrected chi connectivity index (χ3v) is 2.59. The van der Waals surface area contributed by atoms with Gasteiger partial charge < -0.3 is 10.1 Å². The predicted molar refractivity (Wildman–Crippen MR) is 71.2 cm³/mol. The number of rotatable bonds is 5. The molecule has 1 aromatic heterocycles. The van der Waals surface area contributed by atoms with Crippen LogP contribution in [0, 0.1) is 10.1 Å². The van der Waals surface area contributed by atoms with Gasteiger partial charge in [-0.15, -0.1) is 0 Å². The van der Waals surface area contributed by atoms with Gasteiger partial charge in [0.05, 0.1) is 12.0 Å². The zero-order valence-corrected chi connectivity index (χ0v) is 10.4. The van der Waals surface area contributed by atoms with E-state index in [2.05, 4.69) is 10.3 Å². The number of nitrogens with zero attached hydrogens (tertiary/aromatic N) is 2. The molecule has 6 nitrogen and oxygen atoms in total. The molecule has 0 fully saturated rings. The fraction of sp³-hybridized carbons (Fsp3) is 0.154. The number of nitro groups is 1. The summed E-state index contributed by atoms with van der Waals surface area (Å²) in [5.41, 5.74) is 1.48. The van der Waals surface area contributed by atoms with Crippen LogP contribution in [-0.4, -0.2) is 17.0 Å². The molecule has 2 aromatic rings. The normalized spacial score (nSPS) is 9.95. The van der Waals surface area contributed by atoms with E-state index in [1.807, 2.05) is 6.07 Å². The van der Waals surface area contributed by atoms with E-state index in [-0.39, 0.29) is 5.69 Å². The molecule has 0 saturated carbocycles. The molecule has 0 aliphatic rings. The second-order valence-corrected chi connectivity index (χ2v) is 3.83. The molecule has 6 heteroatoms. The number of anilines is 1. The Hall–Kier alpha value is -2.63. The fourth-order valence-electron chi connectivity index (χ4n) is 1.65. The molecule has 0 radical (unpaired) electrons. The van der Waals surface area contributed by atoms with E-state index in [1.54, 1.807) is 37.6 Å². The molecular formula is C13H13N3O3. The zero-order chi connectivity index (χ0) is 13.7. The number of ether oxygens (including phenoxy) is 1. The van der Waals surface area contributed by atoms with Crippen molar-refractivity contribution < 1.29 is 9.66 Å². The average Bonchev–Trinajstić information content (AvgIpc) is 2.45. The minimum Gasteiger partial charge on any atom is -0.481 e. The van der Waals surface area contributed by atoms with Gasteiger partial charge in [-0.3, -0.25) is 10.1 Å². The van der Waals surface area contributed by atoms with Gasteiger partial charge in [0.2, 0.25) is 5.88 Å². The molecule has 0 bridgehead atoms. The molecular weight excluding hydrogens is 246 g/mol. The lowest BCUT2D eigenvalue weighted by molar-refractivity contribution is -0.384. The molecule has 0 saturated heterocycles. The predicted octanol–water partition coefficient (Wildman–Crippen LogP) is 2.61. The second kappa shape index (κ2) is 5.81. The Bertz CT molecular complexity index is 587. The van der Waals surface area contributed by atoms with Crippen LogP contribution in [-0.2, 0) is 6.54 Å². The van der Waals surface area contributed by atoms with Crippen molar-refractivity contribution in [2.24, 2.45) is 0 Å². The van der Waals surface area contributed by atoms with Crippen molar-refractivity contribution in [3.8, 4) is 5.88 Å². The lowest BCUT2D eigenvalue weighted by atomic mass is 10.2. The fourth-order valence-corrected chi connectivity index (χ4v) is 1.65. The minimum atomic E-state index is -0.407. The number of pyridine rings is 1. The van der Waals surface area contributed by atoms with E-state index in [0.29, 0.717) is 18.1 Å². The van der Waals surface area contributed by atoms with Crippen LogP contribution in [0.4, 0.5) is 11.4 Å². The van der Waals surface area contributed by atoms with Crippen LogP contribution >= 0.6 is 0 Å². The Labute approximate surface area is 110 Å². The van der Waals surface area contributed by atoms with Crippen molar-refractivity contribution in [1.82, 2.24) is 4.98 Å². The number of aromatic nitrogens is 1. The summed E-state index contributed by atoms with van der Waals surface area (Å²) in [5.74, 6) is 0.516. The van der Waals surface area contributed by atoms with Crippen LogP contribution < -0.4 is 10.1 Å². The highest BCUT2D eigenvalue weighted by Gasteiger charge is 2.11. The summed E-state index contributed by atoms with van der Waals surface area (Å²) < 4.78 is 5.02. The lowest BCUT2D eigenvalue weighted by Crippen LogP contribution is -2.03. The van der Waals surface area contributed by atoms with Gasteiger partial charge in [-0.25, -0.2) is 4.98 Å². The number of methoxy groups -OCH3 is 1. The minimum absolute atomic E-state index is 0.0588. The van der Waals surface area contributed by atoms with Crippen LogP contribution in [0.15, 0.2) is 42.6 Å². The van der Waals surface area contributed by atoms with Crippen LogP contribution in [0.25, 0.3) is 0 Å². The third-order valence-electron chi connectivity index (χ3n) is 2.59. The SMILES string of the molecule is COc1cc(CNc2ccccc2[N+](=O)[O-])ccn1. The van der Waals surface area contributed by atoms with Gasteiger partial charge in [0, 0.05) is 24.9 Å². The Balaban J connectivity index is 2.12. The number of para-hydroxylation sites is 2. The molecule has 0 spiro atoms. The van der Waals surface area contributed by atoms with E-state index in [0.717, 1.165) is 5.56 Å². The highest BCUT2D eigenvalue weighted by Crippen LogP contribution is 2.23. The molecule has 1 heterocycles. The summed E-state index contributed by atoms with van der Waals surface area (Å²) in [5, 5.41) is 13.9. The smallest absolute Gasteiger partial charge is 0.292 e. The first-order valence-corrected chi connectivity index (χ1v) is 5.67. The Morgan fingerprint density at radius 3 is 2.89 bits per heavy atom. The van der Waals surface area contributed by atoms with Crippen LogP contribution in [0.1, 0.15) is 5.56 Å². The average molecular weight is 259 g/mol. The van der Waals surface area contributed by atoms with Gasteiger partial charge in [0.1, 0.15) is 5.69 Å². The molecule has 0 aliphatic carbocycles. The largest absolute Gasteiger partial charge is 0.481 e. The Morgan fingerprint density at radius 1 is 1.37 bits per heavy atom. The molecule has 0 amide bonds. The summed E-state index contributed by atoms with van der Waals surface area (Å²) in [7, 11) is 1.54. The van der Waals surface area contributed by atoms with Crippen molar-refractivity contribution in [1.29, 1.82) is 0 Å². The van der Waals surface area contributed by atoms with Crippen molar-refractivity contribution in [3.05, 3.63) is 58.3 Å². The first kappa shape index (κ1) is 12.8. The first-order valence-electron chi connectivity index (χ1n) is 5.67. The molecule has 2 rings (SSSR count). The monoisotopic (exact) mass is 259 g/mol. The quantitative estimate of drug-likeness (QED) is 0.659. The van der Waals surface area contributed by atoms with E-state index in [4.69, 9.17) is 4.74 Å². The molecule has 98 valence electrons. The summed E-state index contributed by atoms with van der Waals surface area (Å²) in [6.45, 7) is 0.462. The van der Waals surface area contributed by atoms with Crippen molar-refractivity contribution in [2.75, 3.05) is 12.4 Å². The molecule has 0 atom stereocenters. The summed E-state index contributed by atoms with van der Waals surface area (Å²) in [6.07, 6.45) is 1.63. The number of hydrogen-bond acceptors (Lipinski definition) is 5. The van der Waals surface area contributed by atoms with E-state index in [1.165, 1.54) is 6.07 Å². The van der Waals surface area contributed by atoms with Gasteiger partial charge in [-0.05, 0) is 17.7 Å². The van der Waals surface area contributed by atoms with Crippen molar-refractivity contribution >= 4 is 11.4 Å². The van der Waals surface area contributed by atoms with Crippen LogP contribution in [0.5, 0.6) is 5.88 Å². The maximum atomic E-state index is 10.9. The third kappa shape index (κ3) is 3.19. The van der Waals surface area contributed by atoms with E-state index in [9.17, 15) is 10.1 Å². The van der Waals surface area contributed by atoms with Gasteiger partial charge in [-0.2, -0.15) is 0 Å². The number of nitro benzene ring substituents is 1. The van der Waals surface area contributed by atoms with Crippen molar-refractivity contribution in [3.63, 3.8) is 0 Å². The topological polar surface area (TPSA) is 77.3 Å². The molecule has 19 heavy (non-hydrogen) atoms. The highest BCUT2D eigenvalue weighted by molar-refractivity contribution is 5.61. The first-order chi connectivity index (χ1) is 9.20. The lowest BCUT2D eigenvalue weighted by Gasteiger charge is -2.07. The van der Waals surface area contributed by atoms with Gasteiger partial charge in [0.25, 0.3) is 5.69 Å². The van der Waals surface area contributed by atoms with E-state index < -0.39 is 4.92 Å². The molecule has 1 N–H and O–H groups in total. The molecule has 0 aliphatic heterocycles.